The van der Waals surface area contributed by atoms with Crippen LogP contribution in [0.5, 0.6) is 11.5 Å². The van der Waals surface area contributed by atoms with Gasteiger partial charge in [-0.15, -0.1) is 0 Å². The zero-order valence-electron chi connectivity index (χ0n) is 14.4. The second kappa shape index (κ2) is 7.70. The summed E-state index contributed by atoms with van der Waals surface area (Å²) < 4.78 is 10.3. The first-order valence-corrected chi connectivity index (χ1v) is 7.71. The number of anilines is 1. The summed E-state index contributed by atoms with van der Waals surface area (Å²) in [6.07, 6.45) is -0.203. The fraction of sp³-hybridized carbons (Fsp3) is 0.263. The van der Waals surface area contributed by atoms with Gasteiger partial charge in [-0.3, -0.25) is 9.59 Å². The second-order valence-electron chi connectivity index (χ2n) is 5.83. The number of methoxy groups -OCH3 is 2. The number of carbonyl (C=O) groups is 2. The maximum atomic E-state index is 12.4. The van der Waals surface area contributed by atoms with Crippen LogP contribution in [0, 0.1) is 0 Å². The van der Waals surface area contributed by atoms with Gasteiger partial charge in [0.2, 0.25) is 5.91 Å². The number of hydrogen-bond donors (Lipinski definition) is 2. The van der Waals surface area contributed by atoms with E-state index in [1.54, 1.807) is 48.5 Å². The standard InChI is InChI=1S/C19H21NO5/c1-19(18(22)23,13-7-5-4-6-8-13)12-17(21)20-14-9-15(24-2)11-16(10-14)25-3/h4-11H,12H2,1-3H3,(H,20,21)(H,22,23)/t19-/m1/s1. The molecule has 2 N–H and O–H groups in total. The van der Waals surface area contributed by atoms with E-state index in [0.717, 1.165) is 0 Å². The van der Waals surface area contributed by atoms with Crippen molar-refractivity contribution in [2.75, 3.05) is 19.5 Å². The quantitative estimate of drug-likeness (QED) is 0.807. The minimum Gasteiger partial charge on any atom is -0.497 e. The molecule has 2 aromatic carbocycles. The van der Waals surface area contributed by atoms with E-state index in [9.17, 15) is 14.7 Å². The van der Waals surface area contributed by atoms with Gasteiger partial charge in [0, 0.05) is 30.3 Å². The Morgan fingerprint density at radius 2 is 1.60 bits per heavy atom. The summed E-state index contributed by atoms with van der Waals surface area (Å²) >= 11 is 0. The van der Waals surface area contributed by atoms with Gasteiger partial charge in [0.1, 0.15) is 11.5 Å². The topological polar surface area (TPSA) is 84.9 Å². The van der Waals surface area contributed by atoms with E-state index in [0.29, 0.717) is 22.7 Å². The Balaban J connectivity index is 2.22. The average molecular weight is 343 g/mol. The predicted molar refractivity (Wildman–Crippen MR) is 94.2 cm³/mol. The molecule has 6 heteroatoms. The molecule has 2 aromatic rings. The fourth-order valence-corrected chi connectivity index (χ4v) is 2.51. The molecule has 0 saturated carbocycles. The van der Waals surface area contributed by atoms with Crippen LogP contribution in [0.1, 0.15) is 18.9 Å². The summed E-state index contributed by atoms with van der Waals surface area (Å²) in [5.41, 5.74) is -0.281. The van der Waals surface area contributed by atoms with Gasteiger partial charge < -0.3 is 19.9 Å². The molecule has 0 bridgehead atoms. The first-order chi connectivity index (χ1) is 11.9. The molecule has 0 aliphatic rings. The van der Waals surface area contributed by atoms with Crippen molar-refractivity contribution in [3.8, 4) is 11.5 Å². The molecule has 132 valence electrons. The van der Waals surface area contributed by atoms with Crippen LogP contribution < -0.4 is 14.8 Å². The minimum atomic E-state index is -1.33. The molecule has 1 atom stereocenters. The van der Waals surface area contributed by atoms with Crippen LogP contribution in [0.2, 0.25) is 0 Å². The highest BCUT2D eigenvalue weighted by atomic mass is 16.5. The predicted octanol–water partition coefficient (Wildman–Crippen LogP) is 3.07. The third-order valence-electron chi connectivity index (χ3n) is 4.03. The molecule has 0 fully saturated rings. The highest BCUT2D eigenvalue weighted by molar-refractivity contribution is 5.96. The lowest BCUT2D eigenvalue weighted by Crippen LogP contribution is -2.36. The van der Waals surface area contributed by atoms with Crippen LogP contribution in [0.15, 0.2) is 48.5 Å². The lowest BCUT2D eigenvalue weighted by molar-refractivity contribution is -0.145. The largest absolute Gasteiger partial charge is 0.497 e. The van der Waals surface area contributed by atoms with Crippen molar-refractivity contribution < 1.29 is 24.2 Å². The van der Waals surface area contributed by atoms with Crippen LogP contribution in [0.4, 0.5) is 5.69 Å². The summed E-state index contributed by atoms with van der Waals surface area (Å²) in [5.74, 6) is -0.418. The van der Waals surface area contributed by atoms with Crippen LogP contribution in [0.3, 0.4) is 0 Å². The van der Waals surface area contributed by atoms with Crippen molar-refractivity contribution in [2.45, 2.75) is 18.8 Å². The Hall–Kier alpha value is -3.02. The van der Waals surface area contributed by atoms with Crippen molar-refractivity contribution in [3.63, 3.8) is 0 Å². The van der Waals surface area contributed by atoms with Gasteiger partial charge in [0.25, 0.3) is 0 Å². The molecular formula is C19H21NO5. The van der Waals surface area contributed by atoms with Crippen LogP contribution in [-0.2, 0) is 15.0 Å². The SMILES string of the molecule is COc1cc(NC(=O)C[C@@](C)(C(=O)O)c2ccccc2)cc(OC)c1. The molecule has 0 spiro atoms. The fourth-order valence-electron chi connectivity index (χ4n) is 2.51. The lowest BCUT2D eigenvalue weighted by Gasteiger charge is -2.24. The van der Waals surface area contributed by atoms with Gasteiger partial charge in [-0.2, -0.15) is 0 Å². The molecule has 0 aromatic heterocycles. The van der Waals surface area contributed by atoms with Gasteiger partial charge >= 0.3 is 5.97 Å². The van der Waals surface area contributed by atoms with Gasteiger partial charge in [-0.25, -0.2) is 0 Å². The molecule has 0 aliphatic heterocycles. The maximum Gasteiger partial charge on any atom is 0.314 e. The summed E-state index contributed by atoms with van der Waals surface area (Å²) in [6, 6.07) is 13.7. The van der Waals surface area contributed by atoms with Crippen molar-refractivity contribution >= 4 is 17.6 Å². The maximum absolute atomic E-state index is 12.4. The zero-order valence-corrected chi connectivity index (χ0v) is 14.4. The number of carboxylic acid groups (broad SMARTS) is 1. The van der Waals surface area contributed by atoms with Crippen molar-refractivity contribution in [1.82, 2.24) is 0 Å². The Morgan fingerprint density at radius 1 is 1.04 bits per heavy atom. The minimum absolute atomic E-state index is 0.203. The molecule has 6 nitrogen and oxygen atoms in total. The van der Waals surface area contributed by atoms with E-state index in [1.165, 1.54) is 21.1 Å². The number of benzene rings is 2. The number of carboxylic acids is 1. The van der Waals surface area contributed by atoms with Crippen molar-refractivity contribution in [2.24, 2.45) is 0 Å². The number of amides is 1. The summed E-state index contributed by atoms with van der Waals surface area (Å²) in [7, 11) is 3.02. The Morgan fingerprint density at radius 3 is 2.08 bits per heavy atom. The van der Waals surface area contributed by atoms with E-state index in [2.05, 4.69) is 5.32 Å². The highest BCUT2D eigenvalue weighted by Gasteiger charge is 2.37. The zero-order chi connectivity index (χ0) is 18.4. The van der Waals surface area contributed by atoms with Crippen molar-refractivity contribution in [1.29, 1.82) is 0 Å². The number of hydrogen-bond acceptors (Lipinski definition) is 4. The Labute approximate surface area is 146 Å². The molecule has 0 heterocycles. The first kappa shape index (κ1) is 18.3. The Kier molecular flexibility index (Phi) is 5.64. The Bertz CT molecular complexity index is 737. The van der Waals surface area contributed by atoms with Gasteiger partial charge in [0.05, 0.1) is 19.6 Å². The first-order valence-electron chi connectivity index (χ1n) is 7.71. The van der Waals surface area contributed by atoms with Crippen molar-refractivity contribution in [3.05, 3.63) is 54.1 Å². The normalized spacial score (nSPS) is 12.8. The molecule has 0 radical (unpaired) electrons. The molecule has 0 unspecified atom stereocenters. The van der Waals surface area contributed by atoms with Gasteiger partial charge in [-0.05, 0) is 12.5 Å². The number of aliphatic carboxylic acids is 1. The number of carbonyl (C=O) groups excluding carboxylic acids is 1. The van der Waals surface area contributed by atoms with E-state index in [-0.39, 0.29) is 6.42 Å². The van der Waals surface area contributed by atoms with E-state index in [4.69, 9.17) is 9.47 Å². The van der Waals surface area contributed by atoms with Crippen LogP contribution in [-0.4, -0.2) is 31.2 Å². The molecule has 0 saturated heterocycles. The molecule has 0 aliphatic carbocycles. The van der Waals surface area contributed by atoms with Gasteiger partial charge in [0.15, 0.2) is 0 Å². The number of nitrogens with one attached hydrogen (secondary N) is 1. The number of ether oxygens (including phenoxy) is 2. The summed E-state index contributed by atoms with van der Waals surface area (Å²) in [4.78, 5) is 24.2. The third-order valence-corrected chi connectivity index (χ3v) is 4.03. The number of rotatable bonds is 7. The smallest absolute Gasteiger partial charge is 0.314 e. The average Bonchev–Trinajstić information content (AvgIpc) is 2.61. The molecular weight excluding hydrogens is 322 g/mol. The van der Waals surface area contributed by atoms with Gasteiger partial charge in [-0.1, -0.05) is 30.3 Å². The molecule has 2 rings (SSSR count). The third kappa shape index (κ3) is 4.29. The lowest BCUT2D eigenvalue weighted by atomic mass is 9.79. The molecule has 25 heavy (non-hydrogen) atoms. The van der Waals surface area contributed by atoms with E-state index >= 15 is 0 Å². The van der Waals surface area contributed by atoms with E-state index < -0.39 is 17.3 Å². The monoisotopic (exact) mass is 343 g/mol. The van der Waals surface area contributed by atoms with Crippen LogP contribution in [0.25, 0.3) is 0 Å². The van der Waals surface area contributed by atoms with E-state index in [1.807, 2.05) is 0 Å². The van der Waals surface area contributed by atoms with Crippen LogP contribution >= 0.6 is 0 Å². The second-order valence-corrected chi connectivity index (χ2v) is 5.83. The molecule has 1 amide bonds. The summed E-state index contributed by atoms with van der Waals surface area (Å²) in [6.45, 7) is 1.54. The summed E-state index contributed by atoms with van der Waals surface area (Å²) in [5, 5.41) is 12.4. The highest BCUT2D eigenvalue weighted by Crippen LogP contribution is 2.30.